The molecule has 0 aromatic carbocycles. The summed E-state index contributed by atoms with van der Waals surface area (Å²) in [5.41, 5.74) is 5.75. The second-order valence-electron chi connectivity index (χ2n) is 3.57. The molecule has 0 bridgehead atoms. The van der Waals surface area contributed by atoms with Gasteiger partial charge in [-0.3, -0.25) is 4.79 Å². The van der Waals surface area contributed by atoms with E-state index in [1.165, 1.54) is 7.11 Å². The van der Waals surface area contributed by atoms with Crippen LogP contribution in [-0.4, -0.2) is 31.1 Å². The molecule has 1 aliphatic heterocycles. The minimum Gasteiger partial charge on any atom is -0.469 e. The van der Waals surface area contributed by atoms with E-state index in [2.05, 4.69) is 4.74 Å². The molecule has 0 radical (unpaired) electrons. The zero-order chi connectivity index (χ0) is 9.73. The first-order chi connectivity index (χ1) is 6.22. The first-order valence-corrected chi connectivity index (χ1v) is 5.72. The van der Waals surface area contributed by atoms with Crippen LogP contribution in [0.4, 0.5) is 0 Å². The molecule has 1 fully saturated rings. The van der Waals surface area contributed by atoms with Crippen LogP contribution in [0.15, 0.2) is 0 Å². The van der Waals surface area contributed by atoms with Crippen molar-refractivity contribution >= 4 is 17.7 Å². The molecule has 0 atom stereocenters. The van der Waals surface area contributed by atoms with Crippen molar-refractivity contribution in [3.8, 4) is 0 Å². The first kappa shape index (κ1) is 10.9. The second kappa shape index (κ2) is 4.86. The van der Waals surface area contributed by atoms with E-state index in [0.717, 1.165) is 24.3 Å². The van der Waals surface area contributed by atoms with Gasteiger partial charge in [0.05, 0.1) is 13.5 Å². The largest absolute Gasteiger partial charge is 0.469 e. The van der Waals surface area contributed by atoms with Gasteiger partial charge in [-0.15, -0.1) is 0 Å². The van der Waals surface area contributed by atoms with E-state index in [4.69, 9.17) is 5.73 Å². The van der Waals surface area contributed by atoms with Crippen molar-refractivity contribution in [2.45, 2.75) is 19.3 Å². The van der Waals surface area contributed by atoms with Gasteiger partial charge in [-0.1, -0.05) is 0 Å². The van der Waals surface area contributed by atoms with E-state index in [1.807, 2.05) is 11.8 Å². The Morgan fingerprint density at radius 2 is 2.15 bits per heavy atom. The lowest BCUT2D eigenvalue weighted by Gasteiger charge is -2.34. The molecule has 1 saturated heterocycles. The van der Waals surface area contributed by atoms with Crippen LogP contribution in [0, 0.1) is 5.41 Å². The lowest BCUT2D eigenvalue weighted by molar-refractivity contribution is -0.143. The average Bonchev–Trinajstić information content (AvgIpc) is 2.19. The van der Waals surface area contributed by atoms with Crippen LogP contribution < -0.4 is 5.73 Å². The molecule has 0 aromatic rings. The Morgan fingerprint density at radius 1 is 1.54 bits per heavy atom. The highest BCUT2D eigenvalue weighted by atomic mass is 32.2. The molecule has 0 aromatic heterocycles. The predicted molar refractivity (Wildman–Crippen MR) is 54.7 cm³/mol. The molecule has 13 heavy (non-hydrogen) atoms. The van der Waals surface area contributed by atoms with E-state index >= 15 is 0 Å². The third kappa shape index (κ3) is 2.88. The van der Waals surface area contributed by atoms with Gasteiger partial charge in [0.15, 0.2) is 0 Å². The van der Waals surface area contributed by atoms with Gasteiger partial charge >= 0.3 is 5.97 Å². The summed E-state index contributed by atoms with van der Waals surface area (Å²) in [6.45, 7) is 0.600. The van der Waals surface area contributed by atoms with Crippen molar-refractivity contribution in [3.63, 3.8) is 0 Å². The Labute approximate surface area is 83.4 Å². The highest BCUT2D eigenvalue weighted by Gasteiger charge is 2.33. The number of hydrogen-bond acceptors (Lipinski definition) is 4. The lowest BCUT2D eigenvalue weighted by atomic mass is 9.79. The molecule has 1 heterocycles. The van der Waals surface area contributed by atoms with Crippen LogP contribution in [-0.2, 0) is 9.53 Å². The van der Waals surface area contributed by atoms with Crippen molar-refractivity contribution in [1.82, 2.24) is 0 Å². The molecule has 0 amide bonds. The van der Waals surface area contributed by atoms with Crippen LogP contribution >= 0.6 is 11.8 Å². The second-order valence-corrected chi connectivity index (χ2v) is 4.79. The number of nitrogens with two attached hydrogens (primary N) is 1. The minimum absolute atomic E-state index is 0.0261. The summed E-state index contributed by atoms with van der Waals surface area (Å²) in [4.78, 5) is 11.2. The van der Waals surface area contributed by atoms with Gasteiger partial charge in [-0.05, 0) is 36.3 Å². The number of thioether (sulfide) groups is 1. The minimum atomic E-state index is -0.127. The van der Waals surface area contributed by atoms with Crippen LogP contribution in [0.3, 0.4) is 0 Å². The smallest absolute Gasteiger partial charge is 0.306 e. The molecule has 2 N–H and O–H groups in total. The normalized spacial score (nSPS) is 21.1. The first-order valence-electron chi connectivity index (χ1n) is 4.57. The van der Waals surface area contributed by atoms with Gasteiger partial charge in [0.25, 0.3) is 0 Å². The molecule has 0 saturated carbocycles. The van der Waals surface area contributed by atoms with Crippen molar-refractivity contribution in [3.05, 3.63) is 0 Å². The number of rotatable bonds is 3. The van der Waals surface area contributed by atoms with Gasteiger partial charge in [-0.2, -0.15) is 11.8 Å². The molecule has 0 unspecified atom stereocenters. The molecule has 0 aliphatic carbocycles. The standard InChI is InChI=1S/C9H17NO2S/c1-12-8(11)6-9(7-10)2-4-13-5-3-9/h2-7,10H2,1H3. The maximum Gasteiger partial charge on any atom is 0.306 e. The van der Waals surface area contributed by atoms with Crippen LogP contribution in [0.2, 0.25) is 0 Å². The number of esters is 1. The Balaban J connectivity index is 2.52. The highest BCUT2D eigenvalue weighted by molar-refractivity contribution is 7.99. The van der Waals surface area contributed by atoms with E-state index in [-0.39, 0.29) is 11.4 Å². The molecule has 3 nitrogen and oxygen atoms in total. The third-order valence-electron chi connectivity index (χ3n) is 2.73. The summed E-state index contributed by atoms with van der Waals surface area (Å²) < 4.78 is 4.68. The number of ether oxygens (including phenoxy) is 1. The maximum absolute atomic E-state index is 11.2. The molecule has 76 valence electrons. The van der Waals surface area contributed by atoms with E-state index in [0.29, 0.717) is 13.0 Å². The zero-order valence-corrected chi connectivity index (χ0v) is 8.86. The topological polar surface area (TPSA) is 52.3 Å². The van der Waals surface area contributed by atoms with Gasteiger partial charge in [0.2, 0.25) is 0 Å². The highest BCUT2D eigenvalue weighted by Crippen LogP contribution is 2.37. The Hall–Kier alpha value is -0.220. The van der Waals surface area contributed by atoms with Crippen molar-refractivity contribution in [2.75, 3.05) is 25.2 Å². The van der Waals surface area contributed by atoms with Crippen LogP contribution in [0.1, 0.15) is 19.3 Å². The molecule has 1 aliphatic rings. The number of methoxy groups -OCH3 is 1. The monoisotopic (exact) mass is 203 g/mol. The average molecular weight is 203 g/mol. The van der Waals surface area contributed by atoms with E-state index in [9.17, 15) is 4.79 Å². The molecular weight excluding hydrogens is 186 g/mol. The maximum atomic E-state index is 11.2. The predicted octanol–water partition coefficient (Wildman–Crippen LogP) is 1.02. The third-order valence-corrected chi connectivity index (χ3v) is 3.72. The number of carbonyl (C=O) groups excluding carboxylic acids is 1. The summed E-state index contributed by atoms with van der Waals surface area (Å²) >= 11 is 1.94. The quantitative estimate of drug-likeness (QED) is 0.696. The summed E-state index contributed by atoms with van der Waals surface area (Å²) in [7, 11) is 1.43. The van der Waals surface area contributed by atoms with E-state index < -0.39 is 0 Å². The van der Waals surface area contributed by atoms with Gasteiger partial charge in [0, 0.05) is 0 Å². The van der Waals surface area contributed by atoms with Crippen LogP contribution in [0.5, 0.6) is 0 Å². The summed E-state index contributed by atoms with van der Waals surface area (Å²) in [6, 6.07) is 0. The molecule has 1 rings (SSSR count). The Morgan fingerprint density at radius 3 is 2.62 bits per heavy atom. The molecular formula is C9H17NO2S. The Kier molecular flexibility index (Phi) is 4.06. The number of hydrogen-bond donors (Lipinski definition) is 1. The SMILES string of the molecule is COC(=O)CC1(CN)CCSCC1. The summed E-state index contributed by atoms with van der Waals surface area (Å²) in [5, 5.41) is 0. The van der Waals surface area contributed by atoms with Gasteiger partial charge < -0.3 is 10.5 Å². The van der Waals surface area contributed by atoms with Gasteiger partial charge in [-0.25, -0.2) is 0 Å². The summed E-state index contributed by atoms with van der Waals surface area (Å²) in [6.07, 6.45) is 2.58. The lowest BCUT2D eigenvalue weighted by Crippen LogP contribution is -2.36. The fourth-order valence-electron chi connectivity index (χ4n) is 1.64. The van der Waals surface area contributed by atoms with Crippen molar-refractivity contribution in [2.24, 2.45) is 11.1 Å². The van der Waals surface area contributed by atoms with Crippen molar-refractivity contribution < 1.29 is 9.53 Å². The zero-order valence-electron chi connectivity index (χ0n) is 8.04. The van der Waals surface area contributed by atoms with Crippen LogP contribution in [0.25, 0.3) is 0 Å². The fraction of sp³-hybridized carbons (Fsp3) is 0.889. The fourth-order valence-corrected chi connectivity index (χ4v) is 2.99. The summed E-state index contributed by atoms with van der Waals surface area (Å²) in [5.74, 6) is 2.11. The van der Waals surface area contributed by atoms with Gasteiger partial charge in [0.1, 0.15) is 0 Å². The Bertz CT molecular complexity index is 178. The van der Waals surface area contributed by atoms with Crippen molar-refractivity contribution in [1.29, 1.82) is 0 Å². The van der Waals surface area contributed by atoms with E-state index in [1.54, 1.807) is 0 Å². The number of carbonyl (C=O) groups is 1. The molecule has 4 heteroatoms. The molecule has 0 spiro atoms.